The summed E-state index contributed by atoms with van der Waals surface area (Å²) in [5.41, 5.74) is 8.65. The zero-order valence-corrected chi connectivity index (χ0v) is 12.5. The van der Waals surface area contributed by atoms with E-state index in [0.717, 1.165) is 19.1 Å². The summed E-state index contributed by atoms with van der Waals surface area (Å²) in [7, 11) is -4.20. The third-order valence-corrected chi connectivity index (χ3v) is 4.24. The van der Waals surface area contributed by atoms with Crippen LogP contribution in [0.4, 0.5) is 0 Å². The second-order valence-electron chi connectivity index (χ2n) is 4.51. The van der Waals surface area contributed by atoms with Crippen LogP contribution >= 0.6 is 0 Å². The predicted molar refractivity (Wildman–Crippen MR) is 73.4 cm³/mol. The molecule has 7 nitrogen and oxygen atoms in total. The molecule has 0 saturated carbocycles. The number of carbonyl (C=O) groups excluding carboxylic acids is 2. The predicted octanol–water partition coefficient (Wildman–Crippen LogP) is 1.24. The van der Waals surface area contributed by atoms with Crippen LogP contribution in [0.2, 0.25) is 0 Å². The maximum absolute atomic E-state index is 12.0. The molecule has 0 radical (unpaired) electrons. The van der Waals surface area contributed by atoms with Gasteiger partial charge in [-0.05, 0) is 24.3 Å². The van der Waals surface area contributed by atoms with Crippen LogP contribution < -0.4 is 4.74 Å². The smallest absolute Gasteiger partial charge is 0.426 e. The number of rotatable bonds is 4. The molecule has 21 heavy (non-hydrogen) atoms. The molecule has 0 fully saturated rings. The Kier molecular flexibility index (Phi) is 5.12. The van der Waals surface area contributed by atoms with Gasteiger partial charge in [-0.3, -0.25) is 9.59 Å². The number of hydrogen-bond donors (Lipinski definition) is 0. The average Bonchev–Trinajstić information content (AvgIpc) is 2.39. The molecule has 1 aromatic rings. The van der Waals surface area contributed by atoms with E-state index >= 15 is 0 Å². The summed E-state index contributed by atoms with van der Waals surface area (Å²) >= 11 is 0. The van der Waals surface area contributed by atoms with E-state index < -0.39 is 26.6 Å². The average molecular weight is 310 g/mol. The highest BCUT2D eigenvalue weighted by molar-refractivity contribution is 8.08. The van der Waals surface area contributed by atoms with Gasteiger partial charge in [-0.25, -0.2) is 8.42 Å². The Morgan fingerprint density at radius 3 is 2.10 bits per heavy atom. The number of ether oxygens (including phenoxy) is 1. The van der Waals surface area contributed by atoms with Crippen molar-refractivity contribution in [2.75, 3.05) is 0 Å². The van der Waals surface area contributed by atoms with Crippen molar-refractivity contribution in [1.82, 2.24) is 0 Å². The molecule has 0 aliphatic carbocycles. The molecule has 0 aromatic heterocycles. The highest BCUT2D eigenvalue weighted by atomic mass is 32.2. The van der Waals surface area contributed by atoms with Gasteiger partial charge >= 0.3 is 11.0 Å². The molecule has 0 atom stereocenters. The minimum Gasteiger partial charge on any atom is -0.426 e. The van der Waals surface area contributed by atoms with Gasteiger partial charge in [0.15, 0.2) is 0 Å². The summed E-state index contributed by atoms with van der Waals surface area (Å²) in [5, 5.41) is -0.950. The van der Waals surface area contributed by atoms with E-state index in [1.807, 2.05) is 0 Å². The van der Waals surface area contributed by atoms with E-state index in [9.17, 15) is 18.0 Å². The third-order valence-electron chi connectivity index (χ3n) is 2.47. The fourth-order valence-corrected chi connectivity index (χ4v) is 2.55. The zero-order chi connectivity index (χ0) is 16.2. The Labute approximate surface area is 122 Å². The molecule has 0 aliphatic rings. The highest BCUT2D eigenvalue weighted by Gasteiger charge is 2.34. The molecule has 0 heterocycles. The molecule has 0 N–H and O–H groups in total. The first kappa shape index (κ1) is 16.7. The standard InChI is InChI=1S/C13H14N2O5S/c1-8(2)13(17)20-10-4-6-11(7-5-10)21(18,19)12(15-14)9(3)16/h4-8H,1-3H3. The Hall–Kier alpha value is -2.31. The summed E-state index contributed by atoms with van der Waals surface area (Å²) in [6.07, 6.45) is 0. The van der Waals surface area contributed by atoms with Crippen molar-refractivity contribution in [3.63, 3.8) is 0 Å². The molecule has 0 bridgehead atoms. The van der Waals surface area contributed by atoms with Crippen molar-refractivity contribution in [3.8, 4) is 5.75 Å². The minimum atomic E-state index is -4.20. The zero-order valence-electron chi connectivity index (χ0n) is 11.7. The first-order valence-electron chi connectivity index (χ1n) is 6.00. The lowest BCUT2D eigenvalue weighted by Gasteiger charge is -2.06. The van der Waals surface area contributed by atoms with Gasteiger partial charge < -0.3 is 10.3 Å². The molecule has 1 rings (SSSR count). The van der Waals surface area contributed by atoms with E-state index in [0.29, 0.717) is 0 Å². The van der Waals surface area contributed by atoms with Crippen LogP contribution in [0.25, 0.3) is 5.53 Å². The molecule has 8 heteroatoms. The molecular formula is C13H14N2O5S. The van der Waals surface area contributed by atoms with Crippen molar-refractivity contribution >= 4 is 26.6 Å². The highest BCUT2D eigenvalue weighted by Crippen LogP contribution is 2.18. The minimum absolute atomic E-state index is 0.179. The SMILES string of the molecule is CC(=O)C(=[N+]=[N-])S(=O)(=O)c1ccc(OC(=O)C(C)C)cc1. The van der Waals surface area contributed by atoms with Crippen molar-refractivity contribution in [1.29, 1.82) is 0 Å². The number of carbonyl (C=O) groups is 2. The number of benzene rings is 1. The van der Waals surface area contributed by atoms with Crippen LogP contribution in [0, 0.1) is 5.92 Å². The lowest BCUT2D eigenvalue weighted by atomic mass is 10.2. The van der Waals surface area contributed by atoms with Crippen LogP contribution in [0.3, 0.4) is 0 Å². The molecule has 0 unspecified atom stereocenters. The van der Waals surface area contributed by atoms with Crippen molar-refractivity contribution in [3.05, 3.63) is 29.8 Å². The third kappa shape index (κ3) is 3.84. The van der Waals surface area contributed by atoms with Gasteiger partial charge in [0.05, 0.1) is 10.8 Å². The largest absolute Gasteiger partial charge is 0.451 e. The van der Waals surface area contributed by atoms with Gasteiger partial charge in [0, 0.05) is 6.92 Å². The number of nitrogens with zero attached hydrogens (tertiary/aromatic N) is 2. The lowest BCUT2D eigenvalue weighted by molar-refractivity contribution is -0.137. The maximum atomic E-state index is 12.0. The van der Waals surface area contributed by atoms with Crippen LogP contribution in [0.1, 0.15) is 20.8 Å². The molecule has 0 spiro atoms. The maximum Gasteiger partial charge on any atom is 0.451 e. The Bertz CT molecular complexity index is 713. The van der Waals surface area contributed by atoms with Crippen molar-refractivity contribution in [2.45, 2.75) is 25.7 Å². The Balaban J connectivity index is 3.11. The first-order valence-corrected chi connectivity index (χ1v) is 7.48. The first-order chi connectivity index (χ1) is 9.70. The number of sulfone groups is 1. The summed E-state index contributed by atoms with van der Waals surface area (Å²) in [4.78, 5) is 24.8. The second-order valence-corrected chi connectivity index (χ2v) is 6.38. The molecular weight excluding hydrogens is 296 g/mol. The Morgan fingerprint density at radius 2 is 1.71 bits per heavy atom. The second kappa shape index (κ2) is 6.43. The number of esters is 1. The summed E-state index contributed by atoms with van der Waals surface area (Å²) < 4.78 is 29.1. The number of ketones is 1. The van der Waals surface area contributed by atoms with E-state index in [2.05, 4.69) is 4.79 Å². The molecule has 0 aliphatic heterocycles. The van der Waals surface area contributed by atoms with E-state index in [4.69, 9.17) is 10.3 Å². The quantitative estimate of drug-likeness (QED) is 0.207. The van der Waals surface area contributed by atoms with Gasteiger partial charge in [0.1, 0.15) is 5.75 Å². The van der Waals surface area contributed by atoms with Crippen LogP contribution in [0.15, 0.2) is 29.2 Å². The summed E-state index contributed by atoms with van der Waals surface area (Å²) in [6, 6.07) is 4.88. The normalized spacial score (nSPS) is 10.9. The van der Waals surface area contributed by atoms with E-state index in [1.165, 1.54) is 12.1 Å². The molecule has 1 aromatic carbocycles. The topological polar surface area (TPSA) is 114 Å². The van der Waals surface area contributed by atoms with Crippen molar-refractivity contribution < 1.29 is 27.5 Å². The monoisotopic (exact) mass is 310 g/mol. The molecule has 0 saturated heterocycles. The lowest BCUT2D eigenvalue weighted by Crippen LogP contribution is -2.23. The summed E-state index contributed by atoms with van der Waals surface area (Å²) in [5.74, 6) is -1.48. The van der Waals surface area contributed by atoms with Gasteiger partial charge in [0.2, 0.25) is 0 Å². The Morgan fingerprint density at radius 1 is 1.19 bits per heavy atom. The van der Waals surface area contributed by atoms with Crippen molar-refractivity contribution in [2.24, 2.45) is 5.92 Å². The number of Topliss-reactive ketones (excluding diaryl/α,β-unsaturated/α-hetero) is 1. The van der Waals surface area contributed by atoms with Gasteiger partial charge in [-0.2, -0.15) is 0 Å². The van der Waals surface area contributed by atoms with Crippen LogP contribution in [-0.2, 0) is 19.4 Å². The number of hydrogen-bond acceptors (Lipinski definition) is 5. The summed E-state index contributed by atoms with van der Waals surface area (Å²) in [6.45, 7) is 4.31. The van der Waals surface area contributed by atoms with E-state index in [1.54, 1.807) is 13.8 Å². The van der Waals surface area contributed by atoms with Gasteiger partial charge in [-0.1, -0.05) is 13.8 Å². The van der Waals surface area contributed by atoms with Crippen LogP contribution in [0.5, 0.6) is 5.75 Å². The molecule has 112 valence electrons. The fraction of sp³-hybridized carbons (Fsp3) is 0.308. The fourth-order valence-electron chi connectivity index (χ4n) is 1.35. The van der Waals surface area contributed by atoms with Gasteiger partial charge in [0.25, 0.3) is 15.6 Å². The van der Waals surface area contributed by atoms with Gasteiger partial charge in [-0.15, -0.1) is 4.79 Å². The molecule has 0 amide bonds. The van der Waals surface area contributed by atoms with E-state index in [-0.39, 0.29) is 16.6 Å². The van der Waals surface area contributed by atoms with Crippen LogP contribution in [-0.4, -0.2) is 30.0 Å².